The van der Waals surface area contributed by atoms with Crippen LogP contribution < -0.4 is 9.80 Å². The number of hydrogen-bond donors (Lipinski definition) is 0. The Bertz CT molecular complexity index is 2730. The van der Waals surface area contributed by atoms with E-state index < -0.39 is 0 Å². The fraction of sp³-hybridized carbons (Fsp3) is 0.175. The van der Waals surface area contributed by atoms with E-state index in [4.69, 9.17) is 0 Å². The maximum atomic E-state index is 3.82. The normalized spacial score (nSPS) is 19.3. The van der Waals surface area contributed by atoms with Crippen molar-refractivity contribution in [3.63, 3.8) is 0 Å². The predicted octanol–water partition coefficient (Wildman–Crippen LogP) is 17.3. The van der Waals surface area contributed by atoms with Crippen LogP contribution in [0.2, 0.25) is 0 Å². The Balaban J connectivity index is 0.944. The molecule has 0 saturated carbocycles. The molecule has 65 heavy (non-hydrogen) atoms. The third-order valence-corrected chi connectivity index (χ3v) is 13.2. The van der Waals surface area contributed by atoms with E-state index in [9.17, 15) is 0 Å². The monoisotopic (exact) mass is 844 g/mol. The minimum Gasteiger partial charge on any atom is -0.334 e. The van der Waals surface area contributed by atoms with E-state index in [1.54, 1.807) is 0 Å². The predicted molar refractivity (Wildman–Crippen MR) is 280 cm³/mol. The lowest BCUT2D eigenvalue weighted by Crippen LogP contribution is -2.39. The second-order valence-corrected chi connectivity index (χ2v) is 17.2. The van der Waals surface area contributed by atoms with Crippen LogP contribution in [0.25, 0.3) is 22.3 Å². The van der Waals surface area contributed by atoms with Gasteiger partial charge in [0.15, 0.2) is 0 Å². The van der Waals surface area contributed by atoms with E-state index in [2.05, 4.69) is 242 Å². The number of anilines is 4. The van der Waals surface area contributed by atoms with Gasteiger partial charge in [0, 0.05) is 40.3 Å². The number of para-hydroxylation sites is 2. The van der Waals surface area contributed by atoms with Crippen molar-refractivity contribution in [2.75, 3.05) is 9.80 Å². The molecule has 5 aromatic rings. The van der Waals surface area contributed by atoms with Gasteiger partial charge in [-0.1, -0.05) is 196 Å². The Labute approximate surface area is 388 Å². The van der Waals surface area contributed by atoms with Crippen LogP contribution in [0, 0.1) is 11.8 Å². The van der Waals surface area contributed by atoms with E-state index in [0.29, 0.717) is 11.8 Å². The summed E-state index contributed by atoms with van der Waals surface area (Å²) in [5.74, 6) is 0.793. The summed E-state index contributed by atoms with van der Waals surface area (Å²) >= 11 is 0. The number of fused-ring (bicyclic) bond motifs is 1. The molecule has 9 rings (SSSR count). The van der Waals surface area contributed by atoms with Crippen LogP contribution in [0.15, 0.2) is 265 Å². The first-order chi connectivity index (χ1) is 32.2. The molecule has 0 fully saturated rings. The molecular formula is C63H60N2. The Morgan fingerprint density at radius 1 is 0.585 bits per heavy atom. The lowest BCUT2D eigenvalue weighted by Gasteiger charge is -2.41. The van der Waals surface area contributed by atoms with Crippen molar-refractivity contribution < 1.29 is 0 Å². The Morgan fingerprint density at radius 3 is 1.85 bits per heavy atom. The standard InChI is InChI=1S/C63H60N2/c1-3-5-7-9-13-23-53-41-47-63(61-31-21-19-29-59(53)61)65(55-26-16-11-17-27-55)57-44-38-51(39-45-57)49-34-32-48(33-35-49)50-36-42-56(43-37-50)64(54-24-14-10-15-25-54)62-46-40-52(22-12-8-6-4-2)58-28-18-20-30-60(58)62/h4-19,22,24-29,32-39,41-47,52,61,63H,2-3,20-21,23,30-31,40H2,1H3/b7-5-,8-6-,13-9-,22-12+. The zero-order valence-electron chi connectivity index (χ0n) is 37.7. The molecule has 4 aliphatic rings. The number of benzene rings is 5. The summed E-state index contributed by atoms with van der Waals surface area (Å²) in [7, 11) is 0. The minimum absolute atomic E-state index is 0.227. The van der Waals surface area contributed by atoms with E-state index in [0.717, 1.165) is 44.9 Å². The summed E-state index contributed by atoms with van der Waals surface area (Å²) in [4.78, 5) is 5.01. The maximum absolute atomic E-state index is 3.82. The van der Waals surface area contributed by atoms with Gasteiger partial charge in [0.2, 0.25) is 0 Å². The summed E-state index contributed by atoms with van der Waals surface area (Å²) in [5, 5.41) is 0. The molecule has 0 spiro atoms. The van der Waals surface area contributed by atoms with Crippen LogP contribution in [0.5, 0.6) is 0 Å². The van der Waals surface area contributed by atoms with Gasteiger partial charge in [-0.2, -0.15) is 0 Å². The summed E-state index contributed by atoms with van der Waals surface area (Å²) in [6.45, 7) is 5.99. The first kappa shape index (κ1) is 43.1. The summed E-state index contributed by atoms with van der Waals surface area (Å²) in [6, 6.07) is 49.4. The molecule has 0 radical (unpaired) electrons. The molecule has 0 saturated heterocycles. The zero-order valence-corrected chi connectivity index (χ0v) is 37.7. The van der Waals surface area contributed by atoms with Crippen LogP contribution in [0.3, 0.4) is 0 Å². The van der Waals surface area contributed by atoms with Crippen LogP contribution in [0.1, 0.15) is 51.9 Å². The first-order valence-corrected chi connectivity index (χ1v) is 23.7. The van der Waals surface area contributed by atoms with Crippen molar-refractivity contribution in [2.45, 2.75) is 57.9 Å². The van der Waals surface area contributed by atoms with Crippen LogP contribution >= 0.6 is 0 Å². The quantitative estimate of drug-likeness (QED) is 0.0969. The summed E-state index contributed by atoms with van der Waals surface area (Å²) in [5.41, 5.74) is 16.7. The topological polar surface area (TPSA) is 6.48 Å². The Kier molecular flexibility index (Phi) is 13.9. The molecule has 0 bridgehead atoms. The van der Waals surface area contributed by atoms with Crippen molar-refractivity contribution in [2.24, 2.45) is 11.8 Å². The Morgan fingerprint density at radius 2 is 1.17 bits per heavy atom. The molecule has 0 N–H and O–H groups in total. The highest BCUT2D eigenvalue weighted by atomic mass is 15.2. The smallest absolute Gasteiger partial charge is 0.0594 e. The molecule has 322 valence electrons. The maximum Gasteiger partial charge on any atom is 0.0594 e. The average Bonchev–Trinajstić information content (AvgIpc) is 3.37. The fourth-order valence-corrected chi connectivity index (χ4v) is 9.95. The minimum atomic E-state index is 0.227. The van der Waals surface area contributed by atoms with Crippen molar-refractivity contribution in [1.29, 1.82) is 0 Å². The molecule has 0 heterocycles. The van der Waals surface area contributed by atoms with Crippen molar-refractivity contribution in [3.8, 4) is 22.3 Å². The van der Waals surface area contributed by atoms with Gasteiger partial charge in [0.25, 0.3) is 0 Å². The molecule has 2 nitrogen and oxygen atoms in total. The summed E-state index contributed by atoms with van der Waals surface area (Å²) < 4.78 is 0. The highest BCUT2D eigenvalue weighted by Gasteiger charge is 2.33. The Hall–Kier alpha value is -7.16. The van der Waals surface area contributed by atoms with Gasteiger partial charge in [-0.15, -0.1) is 0 Å². The molecule has 0 aromatic heterocycles. The zero-order chi connectivity index (χ0) is 44.2. The van der Waals surface area contributed by atoms with E-state index >= 15 is 0 Å². The molecule has 0 aliphatic heterocycles. The molecule has 2 heteroatoms. The number of allylic oxidation sites excluding steroid dienone is 18. The van der Waals surface area contributed by atoms with Gasteiger partial charge in [-0.05, 0) is 138 Å². The average molecular weight is 845 g/mol. The molecule has 4 aliphatic carbocycles. The van der Waals surface area contributed by atoms with Gasteiger partial charge < -0.3 is 9.80 Å². The van der Waals surface area contributed by atoms with Gasteiger partial charge in [-0.25, -0.2) is 0 Å². The lowest BCUT2D eigenvalue weighted by molar-refractivity contribution is 0.491. The SMILES string of the molecule is C=C/C=C\C=C\C1CC=C(N(c2ccccc2)c2ccc(-c3ccc(-c4ccc(N(c5ccccc5)C5C=CC(C/C=C\C=C/CC)=C6C=CCCC65)cc4)cc3)cc2)C2=C1C=CCC2. The highest BCUT2D eigenvalue weighted by molar-refractivity contribution is 5.77. The van der Waals surface area contributed by atoms with Gasteiger partial charge in [0.05, 0.1) is 6.04 Å². The van der Waals surface area contributed by atoms with Crippen molar-refractivity contribution >= 4 is 22.7 Å². The second kappa shape index (κ2) is 21.0. The third kappa shape index (κ3) is 9.83. The highest BCUT2D eigenvalue weighted by Crippen LogP contribution is 2.45. The van der Waals surface area contributed by atoms with Gasteiger partial charge >= 0.3 is 0 Å². The number of rotatable bonds is 15. The fourth-order valence-electron chi connectivity index (χ4n) is 9.95. The molecule has 3 atom stereocenters. The van der Waals surface area contributed by atoms with E-state index in [-0.39, 0.29) is 6.04 Å². The number of hydrogen-bond acceptors (Lipinski definition) is 2. The van der Waals surface area contributed by atoms with Gasteiger partial charge in [-0.3, -0.25) is 0 Å². The first-order valence-electron chi connectivity index (χ1n) is 23.7. The largest absolute Gasteiger partial charge is 0.334 e. The van der Waals surface area contributed by atoms with Crippen LogP contribution in [0.4, 0.5) is 22.7 Å². The van der Waals surface area contributed by atoms with Crippen molar-refractivity contribution in [1.82, 2.24) is 0 Å². The molecule has 5 aromatic carbocycles. The molecular weight excluding hydrogens is 785 g/mol. The van der Waals surface area contributed by atoms with Gasteiger partial charge in [0.1, 0.15) is 0 Å². The van der Waals surface area contributed by atoms with E-state index in [1.807, 2.05) is 12.2 Å². The van der Waals surface area contributed by atoms with Crippen molar-refractivity contribution in [3.05, 3.63) is 265 Å². The third-order valence-electron chi connectivity index (χ3n) is 13.2. The second-order valence-electron chi connectivity index (χ2n) is 17.2. The summed E-state index contributed by atoms with van der Waals surface area (Å²) in [6.07, 6.45) is 43.3. The molecule has 3 unspecified atom stereocenters. The molecule has 0 amide bonds. The van der Waals surface area contributed by atoms with Crippen LogP contribution in [-0.2, 0) is 0 Å². The van der Waals surface area contributed by atoms with E-state index in [1.165, 1.54) is 73.0 Å². The van der Waals surface area contributed by atoms with Crippen LogP contribution in [-0.4, -0.2) is 6.04 Å². The lowest BCUT2D eigenvalue weighted by atomic mass is 9.76. The number of nitrogens with zero attached hydrogens (tertiary/aromatic N) is 2.